The number of hydrogen-bond acceptors (Lipinski definition) is 3. The Morgan fingerprint density at radius 3 is 2.88 bits per heavy atom. The Hall–Kier alpha value is -1.13. The van der Waals surface area contributed by atoms with Crippen LogP contribution in [0.5, 0.6) is 0 Å². The maximum atomic E-state index is 13.2. The Balaban J connectivity index is 2.26. The molecule has 94 valence electrons. The molecule has 1 unspecified atom stereocenters. The first-order valence-corrected chi connectivity index (χ1v) is 5.95. The fourth-order valence-corrected chi connectivity index (χ4v) is 2.35. The highest BCUT2D eigenvalue weighted by Crippen LogP contribution is 2.31. The third-order valence-electron chi connectivity index (χ3n) is 3.32. The number of hydrogen-bond donors (Lipinski definition) is 2. The second-order valence-electron chi connectivity index (χ2n) is 4.66. The molecule has 1 aromatic rings. The molecule has 0 radical (unpaired) electrons. The molecule has 1 fully saturated rings. The van der Waals surface area contributed by atoms with Crippen molar-refractivity contribution in [2.75, 3.05) is 24.6 Å². The van der Waals surface area contributed by atoms with Crippen molar-refractivity contribution in [1.82, 2.24) is 0 Å². The summed E-state index contributed by atoms with van der Waals surface area (Å²) < 4.78 is 13.2. The molecule has 1 saturated heterocycles. The normalized spacial score (nSPS) is 21.9. The van der Waals surface area contributed by atoms with Crippen LogP contribution in [0.4, 0.5) is 10.1 Å². The molecule has 1 aliphatic heterocycles. The molecular weight excluding hydrogens is 221 g/mol. The van der Waals surface area contributed by atoms with Crippen LogP contribution >= 0.6 is 0 Å². The first kappa shape index (κ1) is 12.3. The minimum absolute atomic E-state index is 0.182. The van der Waals surface area contributed by atoms with Gasteiger partial charge in [-0.05, 0) is 31.5 Å². The van der Waals surface area contributed by atoms with E-state index in [-0.39, 0.29) is 18.3 Å². The molecule has 3 nitrogen and oxygen atoms in total. The highest BCUT2D eigenvalue weighted by molar-refractivity contribution is 5.55. The average Bonchev–Trinajstić information content (AvgIpc) is 2.77. The summed E-state index contributed by atoms with van der Waals surface area (Å²) in [6.45, 7) is 3.43. The van der Waals surface area contributed by atoms with E-state index in [1.165, 1.54) is 12.1 Å². The Bertz CT molecular complexity index is 395. The van der Waals surface area contributed by atoms with Crippen LogP contribution in [0, 0.1) is 11.7 Å². The molecule has 0 spiro atoms. The SMILES string of the molecule is C[C@@H](O)c1cc(F)ccc1N1CCC(CO)C1. The van der Waals surface area contributed by atoms with Gasteiger partial charge in [-0.15, -0.1) is 0 Å². The van der Waals surface area contributed by atoms with Gasteiger partial charge in [0.2, 0.25) is 0 Å². The highest BCUT2D eigenvalue weighted by atomic mass is 19.1. The second kappa shape index (κ2) is 5.02. The van der Waals surface area contributed by atoms with E-state index in [1.807, 2.05) is 0 Å². The first-order valence-electron chi connectivity index (χ1n) is 5.95. The van der Waals surface area contributed by atoms with Crippen LogP contribution in [0.2, 0.25) is 0 Å². The van der Waals surface area contributed by atoms with Crippen molar-refractivity contribution in [3.05, 3.63) is 29.6 Å². The van der Waals surface area contributed by atoms with E-state index in [0.29, 0.717) is 5.56 Å². The Kier molecular flexibility index (Phi) is 3.64. The average molecular weight is 239 g/mol. The van der Waals surface area contributed by atoms with Gasteiger partial charge in [0.1, 0.15) is 5.82 Å². The van der Waals surface area contributed by atoms with Gasteiger partial charge in [-0.1, -0.05) is 0 Å². The lowest BCUT2D eigenvalue weighted by atomic mass is 10.1. The molecule has 2 N–H and O–H groups in total. The lowest BCUT2D eigenvalue weighted by Crippen LogP contribution is -2.22. The summed E-state index contributed by atoms with van der Waals surface area (Å²) in [7, 11) is 0. The van der Waals surface area contributed by atoms with Gasteiger partial charge in [-0.2, -0.15) is 0 Å². The maximum absolute atomic E-state index is 13.2. The molecule has 0 aliphatic carbocycles. The number of halogens is 1. The van der Waals surface area contributed by atoms with Gasteiger partial charge in [-0.25, -0.2) is 4.39 Å². The zero-order valence-electron chi connectivity index (χ0n) is 9.93. The molecule has 1 aromatic carbocycles. The van der Waals surface area contributed by atoms with Crippen molar-refractivity contribution in [1.29, 1.82) is 0 Å². The molecule has 0 aromatic heterocycles. The molecule has 17 heavy (non-hydrogen) atoms. The van der Waals surface area contributed by atoms with E-state index in [1.54, 1.807) is 13.0 Å². The fraction of sp³-hybridized carbons (Fsp3) is 0.538. The summed E-state index contributed by atoms with van der Waals surface area (Å²) in [5.74, 6) is -0.0514. The summed E-state index contributed by atoms with van der Waals surface area (Å²) in [5.41, 5.74) is 1.49. The lowest BCUT2D eigenvalue weighted by Gasteiger charge is -2.23. The molecule has 0 saturated carbocycles. The maximum Gasteiger partial charge on any atom is 0.123 e. The van der Waals surface area contributed by atoms with E-state index < -0.39 is 6.10 Å². The summed E-state index contributed by atoms with van der Waals surface area (Å²) in [6, 6.07) is 4.50. The van der Waals surface area contributed by atoms with Gasteiger partial charge >= 0.3 is 0 Å². The first-order chi connectivity index (χ1) is 8.11. The number of aliphatic hydroxyl groups excluding tert-OH is 2. The summed E-state index contributed by atoms with van der Waals surface area (Å²) in [6.07, 6.45) is 0.251. The van der Waals surface area contributed by atoms with Crippen molar-refractivity contribution in [2.45, 2.75) is 19.4 Å². The van der Waals surface area contributed by atoms with Gasteiger partial charge in [0.05, 0.1) is 6.10 Å². The predicted octanol–water partition coefficient (Wildman–Crippen LogP) is 1.70. The predicted molar refractivity (Wildman–Crippen MR) is 64.4 cm³/mol. The van der Waals surface area contributed by atoms with Crippen LogP contribution in [0.1, 0.15) is 25.0 Å². The van der Waals surface area contributed by atoms with Crippen molar-refractivity contribution in [2.24, 2.45) is 5.92 Å². The standard InChI is InChI=1S/C13H18FNO2/c1-9(17)12-6-11(14)2-3-13(12)15-5-4-10(7-15)8-16/h2-3,6,9-10,16-17H,4-5,7-8H2,1H3/t9-,10?/m1/s1. The van der Waals surface area contributed by atoms with Crippen molar-refractivity contribution in [3.8, 4) is 0 Å². The molecule has 1 aliphatic rings. The number of benzene rings is 1. The van der Waals surface area contributed by atoms with Crippen molar-refractivity contribution < 1.29 is 14.6 Å². The lowest BCUT2D eigenvalue weighted by molar-refractivity contribution is 0.199. The van der Waals surface area contributed by atoms with Crippen LogP contribution in [0.25, 0.3) is 0 Å². The van der Waals surface area contributed by atoms with Crippen LogP contribution in [0.3, 0.4) is 0 Å². The highest BCUT2D eigenvalue weighted by Gasteiger charge is 2.24. The van der Waals surface area contributed by atoms with Crippen LogP contribution in [0.15, 0.2) is 18.2 Å². The topological polar surface area (TPSA) is 43.7 Å². The number of aliphatic hydroxyl groups is 2. The van der Waals surface area contributed by atoms with Gasteiger partial charge < -0.3 is 15.1 Å². The second-order valence-corrected chi connectivity index (χ2v) is 4.66. The Morgan fingerprint density at radius 1 is 1.53 bits per heavy atom. The van der Waals surface area contributed by atoms with Crippen molar-refractivity contribution in [3.63, 3.8) is 0 Å². The molecule has 0 bridgehead atoms. The van der Waals surface area contributed by atoms with Gasteiger partial charge in [0, 0.05) is 36.9 Å². The van der Waals surface area contributed by atoms with E-state index in [9.17, 15) is 9.50 Å². The minimum Gasteiger partial charge on any atom is -0.396 e. The van der Waals surface area contributed by atoms with Crippen molar-refractivity contribution >= 4 is 5.69 Å². The number of nitrogens with zero attached hydrogens (tertiary/aromatic N) is 1. The zero-order valence-corrected chi connectivity index (χ0v) is 9.93. The van der Waals surface area contributed by atoms with Crippen LogP contribution in [-0.4, -0.2) is 29.9 Å². The number of anilines is 1. The zero-order chi connectivity index (χ0) is 12.4. The summed E-state index contributed by atoms with van der Waals surface area (Å²) >= 11 is 0. The minimum atomic E-state index is -0.686. The largest absolute Gasteiger partial charge is 0.396 e. The number of rotatable bonds is 3. The molecule has 4 heteroatoms. The van der Waals surface area contributed by atoms with Crippen LogP contribution in [-0.2, 0) is 0 Å². The Labute approximate surface area is 100 Å². The third kappa shape index (κ3) is 2.58. The molecule has 0 amide bonds. The molecule has 1 heterocycles. The molecular formula is C13H18FNO2. The van der Waals surface area contributed by atoms with Crippen LogP contribution < -0.4 is 4.90 Å². The summed E-state index contributed by atoms with van der Waals surface area (Å²) in [5, 5.41) is 18.8. The summed E-state index contributed by atoms with van der Waals surface area (Å²) in [4.78, 5) is 2.10. The van der Waals surface area contributed by atoms with E-state index in [4.69, 9.17) is 5.11 Å². The third-order valence-corrected chi connectivity index (χ3v) is 3.32. The molecule has 2 rings (SSSR count). The van der Waals surface area contributed by atoms with E-state index in [0.717, 1.165) is 25.2 Å². The fourth-order valence-electron chi connectivity index (χ4n) is 2.35. The van der Waals surface area contributed by atoms with Gasteiger partial charge in [0.15, 0.2) is 0 Å². The smallest absolute Gasteiger partial charge is 0.123 e. The molecule has 2 atom stereocenters. The Morgan fingerprint density at radius 2 is 2.29 bits per heavy atom. The quantitative estimate of drug-likeness (QED) is 0.843. The van der Waals surface area contributed by atoms with Gasteiger partial charge in [0.25, 0.3) is 0 Å². The van der Waals surface area contributed by atoms with E-state index in [2.05, 4.69) is 4.90 Å². The van der Waals surface area contributed by atoms with E-state index >= 15 is 0 Å². The van der Waals surface area contributed by atoms with Gasteiger partial charge in [-0.3, -0.25) is 0 Å². The monoisotopic (exact) mass is 239 g/mol.